The Bertz CT molecular complexity index is 336. The van der Waals surface area contributed by atoms with Gasteiger partial charge in [-0.3, -0.25) is 5.32 Å². The van der Waals surface area contributed by atoms with Crippen LogP contribution < -0.4 is 5.32 Å². The topological polar surface area (TPSA) is 68.3 Å². The Balaban J connectivity index is 2.06. The molecule has 0 aromatic carbocycles. The van der Waals surface area contributed by atoms with Crippen LogP contribution >= 0.6 is 0 Å². The molecule has 2 aliphatic heterocycles. The number of hydrogen-bond acceptors (Lipinski definition) is 5. The number of aliphatic hydroxyl groups is 2. The summed E-state index contributed by atoms with van der Waals surface area (Å²) in [5.41, 5.74) is -0.514. The van der Waals surface area contributed by atoms with Crippen molar-refractivity contribution >= 4 is 0 Å². The summed E-state index contributed by atoms with van der Waals surface area (Å²) in [6, 6.07) is -0.493. The van der Waals surface area contributed by atoms with E-state index in [0.29, 0.717) is 0 Å². The molecule has 5 nitrogen and oxygen atoms in total. The van der Waals surface area contributed by atoms with Crippen LogP contribution in [0.15, 0.2) is 11.8 Å². The van der Waals surface area contributed by atoms with Crippen molar-refractivity contribution in [2.24, 2.45) is 0 Å². The van der Waals surface area contributed by atoms with Gasteiger partial charge in [0.15, 0.2) is 0 Å². The number of halogens is 2. The molecule has 0 saturated carbocycles. The van der Waals surface area contributed by atoms with E-state index in [2.05, 4.69) is 5.32 Å². The summed E-state index contributed by atoms with van der Waals surface area (Å²) in [5, 5.41) is 22.4. The van der Waals surface area contributed by atoms with Crippen LogP contribution in [-0.2, 0) is 4.74 Å². The van der Waals surface area contributed by atoms with E-state index in [0.717, 1.165) is 0 Å². The van der Waals surface area contributed by atoms with E-state index in [9.17, 15) is 19.0 Å². The summed E-state index contributed by atoms with van der Waals surface area (Å²) in [6.07, 6.45) is -4.92. The molecule has 0 radical (unpaired) electrons. The van der Waals surface area contributed by atoms with Gasteiger partial charge in [-0.15, -0.1) is 0 Å². The number of rotatable bonds is 2. The first-order chi connectivity index (χ1) is 7.91. The third-order valence-electron chi connectivity index (χ3n) is 3.18. The van der Waals surface area contributed by atoms with Crippen LogP contribution in [0.5, 0.6) is 0 Å². The maximum absolute atomic E-state index is 12.6. The van der Waals surface area contributed by atoms with E-state index in [1.807, 2.05) is 6.92 Å². The van der Waals surface area contributed by atoms with Crippen molar-refractivity contribution in [3.05, 3.63) is 11.8 Å². The lowest BCUT2D eigenvalue weighted by Gasteiger charge is -2.40. The van der Waals surface area contributed by atoms with Crippen molar-refractivity contribution in [2.45, 2.75) is 37.5 Å². The summed E-state index contributed by atoms with van der Waals surface area (Å²) < 4.78 is 30.3. The van der Waals surface area contributed by atoms with E-state index < -0.39 is 30.0 Å². The number of likely N-dealkylation sites (tertiary alicyclic amines) is 1. The molecule has 0 amide bonds. The Morgan fingerprint density at radius 2 is 2.06 bits per heavy atom. The molecular weight excluding hydrogens is 234 g/mol. The summed E-state index contributed by atoms with van der Waals surface area (Å²) in [6.45, 7) is 2.05. The molecule has 2 aliphatic rings. The minimum Gasteiger partial charge on any atom is -0.388 e. The van der Waals surface area contributed by atoms with Gasteiger partial charge in [0.1, 0.15) is 24.1 Å². The van der Waals surface area contributed by atoms with Crippen molar-refractivity contribution in [2.75, 3.05) is 13.6 Å². The number of aliphatic hydroxyl groups excluding tert-OH is 2. The summed E-state index contributed by atoms with van der Waals surface area (Å²) in [5.74, 6) is 0. The molecule has 2 heterocycles. The Morgan fingerprint density at radius 3 is 2.53 bits per heavy atom. The second kappa shape index (κ2) is 4.49. The van der Waals surface area contributed by atoms with Gasteiger partial charge in [0.05, 0.1) is 12.1 Å². The third kappa shape index (κ3) is 2.42. The fourth-order valence-electron chi connectivity index (χ4n) is 2.09. The number of hydrogen-bond donors (Lipinski definition) is 3. The molecule has 0 aromatic rings. The van der Waals surface area contributed by atoms with E-state index in [1.165, 1.54) is 11.9 Å². The van der Waals surface area contributed by atoms with E-state index in [4.69, 9.17) is 4.74 Å². The van der Waals surface area contributed by atoms with Crippen molar-refractivity contribution in [3.63, 3.8) is 0 Å². The van der Waals surface area contributed by atoms with Gasteiger partial charge >= 0.3 is 0 Å². The average Bonchev–Trinajstić information content (AvgIpc) is 2.90. The largest absolute Gasteiger partial charge is 0.388 e. The lowest BCUT2D eigenvalue weighted by molar-refractivity contribution is -0.0323. The van der Waals surface area contributed by atoms with Crippen LogP contribution in [0.2, 0.25) is 0 Å². The second-order valence-electron chi connectivity index (χ2n) is 4.50. The molecule has 17 heavy (non-hydrogen) atoms. The summed E-state index contributed by atoms with van der Waals surface area (Å²) >= 11 is 0. The quantitative estimate of drug-likeness (QED) is 0.575. The lowest BCUT2D eigenvalue weighted by Crippen LogP contribution is -2.59. The molecule has 2 rings (SSSR count). The zero-order chi connectivity index (χ0) is 12.7. The highest BCUT2D eigenvalue weighted by Gasteiger charge is 2.43. The van der Waals surface area contributed by atoms with Gasteiger partial charge in [0.2, 0.25) is 0 Å². The van der Waals surface area contributed by atoms with Crippen LogP contribution in [0.3, 0.4) is 0 Å². The first kappa shape index (κ1) is 12.7. The first-order valence-electron chi connectivity index (χ1n) is 5.45. The Morgan fingerprint density at radius 1 is 1.47 bits per heavy atom. The number of epoxide rings is 1. The van der Waals surface area contributed by atoms with Crippen molar-refractivity contribution in [3.8, 4) is 0 Å². The highest BCUT2D eigenvalue weighted by Crippen LogP contribution is 2.27. The zero-order valence-corrected chi connectivity index (χ0v) is 9.60. The van der Waals surface area contributed by atoms with Crippen LogP contribution in [0.4, 0.5) is 8.78 Å². The van der Waals surface area contributed by atoms with Crippen molar-refractivity contribution in [1.29, 1.82) is 0 Å². The molecule has 2 unspecified atom stereocenters. The standard InChI is InChI=1S/C10H16F2N2O3/c1-4-10(17-4)13-5-3-14(2)6(9(11)12)8(16)7(5)15/h4-5,7-8,10,13,15-16H,3H2,1-2H3/t4?,5-,7+,8+,10?/m0/s1. The number of nitrogens with zero attached hydrogens (tertiary/aromatic N) is 1. The zero-order valence-electron chi connectivity index (χ0n) is 9.60. The monoisotopic (exact) mass is 250 g/mol. The molecule has 0 bridgehead atoms. The predicted octanol–water partition coefficient (Wildman–Crippen LogP) is -0.535. The lowest BCUT2D eigenvalue weighted by atomic mass is 9.97. The van der Waals surface area contributed by atoms with E-state index in [-0.39, 0.29) is 18.9 Å². The molecular formula is C10H16F2N2O3. The van der Waals surface area contributed by atoms with Gasteiger partial charge in [-0.1, -0.05) is 0 Å². The van der Waals surface area contributed by atoms with Gasteiger partial charge in [-0.2, -0.15) is 8.78 Å². The maximum Gasteiger partial charge on any atom is 0.292 e. The molecule has 7 heteroatoms. The Kier molecular flexibility index (Phi) is 3.35. The molecule has 0 aliphatic carbocycles. The second-order valence-corrected chi connectivity index (χ2v) is 4.50. The number of nitrogens with one attached hydrogen (secondary N) is 1. The third-order valence-corrected chi connectivity index (χ3v) is 3.18. The maximum atomic E-state index is 12.6. The minimum atomic E-state index is -1.96. The van der Waals surface area contributed by atoms with E-state index in [1.54, 1.807) is 0 Å². The Labute approximate surface area is 97.7 Å². The summed E-state index contributed by atoms with van der Waals surface area (Å²) in [4.78, 5) is 1.25. The predicted molar refractivity (Wildman–Crippen MR) is 55.1 cm³/mol. The van der Waals surface area contributed by atoms with Gasteiger partial charge in [-0.25, -0.2) is 0 Å². The highest BCUT2D eigenvalue weighted by molar-refractivity contribution is 5.15. The van der Waals surface area contributed by atoms with Crippen LogP contribution in [-0.4, -0.2) is 59.3 Å². The van der Waals surface area contributed by atoms with Crippen molar-refractivity contribution < 1.29 is 23.7 Å². The number of likely N-dealkylation sites (N-methyl/N-ethyl adjacent to an activating group) is 1. The fraction of sp³-hybridized carbons (Fsp3) is 0.800. The van der Waals surface area contributed by atoms with Gasteiger partial charge < -0.3 is 19.8 Å². The molecule has 2 saturated heterocycles. The van der Waals surface area contributed by atoms with Crippen LogP contribution in [0.25, 0.3) is 0 Å². The van der Waals surface area contributed by atoms with Gasteiger partial charge in [0.25, 0.3) is 6.08 Å². The van der Waals surface area contributed by atoms with Crippen molar-refractivity contribution in [1.82, 2.24) is 10.2 Å². The molecule has 0 spiro atoms. The van der Waals surface area contributed by atoms with Crippen LogP contribution in [0, 0.1) is 0 Å². The van der Waals surface area contributed by atoms with Gasteiger partial charge in [-0.05, 0) is 6.92 Å². The number of ether oxygens (including phenoxy) is 1. The summed E-state index contributed by atoms with van der Waals surface area (Å²) in [7, 11) is 1.45. The number of piperidine rings is 1. The Hall–Kier alpha value is -0.760. The average molecular weight is 250 g/mol. The van der Waals surface area contributed by atoms with E-state index >= 15 is 0 Å². The molecule has 5 atom stereocenters. The molecule has 98 valence electrons. The smallest absolute Gasteiger partial charge is 0.292 e. The SMILES string of the molecule is CC1OC1N[C@H]1CN(C)C(=C(F)F)[C@@H](O)[C@@H]1O. The minimum absolute atomic E-state index is 0.0551. The molecule has 3 N–H and O–H groups in total. The normalized spacial score (nSPS) is 41.6. The van der Waals surface area contributed by atoms with Gasteiger partial charge in [0, 0.05) is 13.6 Å². The fourth-order valence-corrected chi connectivity index (χ4v) is 2.09. The highest BCUT2D eigenvalue weighted by atomic mass is 19.3. The van der Waals surface area contributed by atoms with Crippen LogP contribution in [0.1, 0.15) is 6.92 Å². The first-order valence-corrected chi connectivity index (χ1v) is 5.45. The molecule has 0 aromatic heterocycles. The molecule has 2 fully saturated rings.